The maximum absolute atomic E-state index is 11.8. The van der Waals surface area contributed by atoms with Gasteiger partial charge >= 0.3 is 6.03 Å². The molecule has 0 aliphatic heterocycles. The first-order valence-corrected chi connectivity index (χ1v) is 9.50. The van der Waals surface area contributed by atoms with Crippen LogP contribution in [-0.2, 0) is 11.2 Å². The number of hydrogen-bond donors (Lipinski definition) is 3. The van der Waals surface area contributed by atoms with Crippen LogP contribution in [0.5, 0.6) is 0 Å². The van der Waals surface area contributed by atoms with Gasteiger partial charge in [0.1, 0.15) is 0 Å². The van der Waals surface area contributed by atoms with Gasteiger partial charge < -0.3 is 16.0 Å². The minimum Gasteiger partial charge on any atom is -0.356 e. The third kappa shape index (κ3) is 7.59. The molecule has 1 aromatic carbocycles. The lowest BCUT2D eigenvalue weighted by Gasteiger charge is -2.22. The molecule has 0 atom stereocenters. The lowest BCUT2D eigenvalue weighted by molar-refractivity contribution is -0.121. The molecule has 3 amide bonds. The average molecular weight is 345 g/mol. The van der Waals surface area contributed by atoms with E-state index in [1.54, 1.807) is 0 Å². The maximum atomic E-state index is 11.8. The van der Waals surface area contributed by atoms with Crippen LogP contribution in [0, 0.1) is 6.92 Å². The second kappa shape index (κ2) is 10.7. The molecular formula is C20H31N3O2. The lowest BCUT2D eigenvalue weighted by atomic mass is 9.96. The van der Waals surface area contributed by atoms with Gasteiger partial charge in [-0.25, -0.2) is 4.79 Å². The normalized spacial score (nSPS) is 14.8. The van der Waals surface area contributed by atoms with E-state index in [9.17, 15) is 9.59 Å². The van der Waals surface area contributed by atoms with E-state index in [1.165, 1.54) is 30.4 Å². The molecule has 1 aliphatic rings. The van der Waals surface area contributed by atoms with Crippen molar-refractivity contribution in [1.82, 2.24) is 16.0 Å². The Labute approximate surface area is 151 Å². The Morgan fingerprint density at radius 2 is 1.80 bits per heavy atom. The molecule has 1 aliphatic carbocycles. The quantitative estimate of drug-likeness (QED) is 0.634. The van der Waals surface area contributed by atoms with Crippen molar-refractivity contribution in [2.45, 2.75) is 64.3 Å². The van der Waals surface area contributed by atoms with E-state index >= 15 is 0 Å². The molecule has 5 nitrogen and oxygen atoms in total. The number of rotatable bonds is 8. The molecule has 25 heavy (non-hydrogen) atoms. The van der Waals surface area contributed by atoms with Crippen molar-refractivity contribution in [2.24, 2.45) is 0 Å². The first kappa shape index (κ1) is 19.3. The zero-order valence-electron chi connectivity index (χ0n) is 15.3. The Morgan fingerprint density at radius 1 is 1.04 bits per heavy atom. The van der Waals surface area contributed by atoms with Crippen molar-refractivity contribution < 1.29 is 9.59 Å². The lowest BCUT2D eigenvalue weighted by Crippen LogP contribution is -2.43. The van der Waals surface area contributed by atoms with Crippen molar-refractivity contribution in [3.05, 3.63) is 35.4 Å². The zero-order chi connectivity index (χ0) is 17.9. The molecular weight excluding hydrogens is 314 g/mol. The summed E-state index contributed by atoms with van der Waals surface area (Å²) in [5.74, 6) is 0.0445. The zero-order valence-corrected chi connectivity index (χ0v) is 15.3. The van der Waals surface area contributed by atoms with Gasteiger partial charge in [-0.05, 0) is 43.7 Å². The van der Waals surface area contributed by atoms with Gasteiger partial charge in [0.25, 0.3) is 0 Å². The van der Waals surface area contributed by atoms with Gasteiger partial charge in [0, 0.05) is 25.6 Å². The van der Waals surface area contributed by atoms with Crippen molar-refractivity contribution >= 4 is 11.9 Å². The van der Waals surface area contributed by atoms with E-state index in [0.29, 0.717) is 32.0 Å². The minimum absolute atomic E-state index is 0.0445. The Morgan fingerprint density at radius 3 is 2.56 bits per heavy atom. The summed E-state index contributed by atoms with van der Waals surface area (Å²) >= 11 is 0. The number of nitrogens with one attached hydrogen (secondary N) is 3. The van der Waals surface area contributed by atoms with Crippen LogP contribution in [0.25, 0.3) is 0 Å². The van der Waals surface area contributed by atoms with Gasteiger partial charge in [0.05, 0.1) is 0 Å². The van der Waals surface area contributed by atoms with E-state index in [0.717, 1.165) is 19.3 Å². The highest BCUT2D eigenvalue weighted by molar-refractivity contribution is 5.76. The Balaban J connectivity index is 1.50. The molecule has 5 heteroatoms. The molecule has 1 fully saturated rings. The predicted octanol–water partition coefficient (Wildman–Crippen LogP) is 3.07. The first-order chi connectivity index (χ1) is 12.1. The first-order valence-electron chi connectivity index (χ1n) is 9.50. The highest BCUT2D eigenvalue weighted by atomic mass is 16.2. The minimum atomic E-state index is -0.105. The van der Waals surface area contributed by atoms with Crippen LogP contribution < -0.4 is 16.0 Å². The van der Waals surface area contributed by atoms with Crippen LogP contribution in [0.1, 0.15) is 56.1 Å². The molecule has 1 aromatic rings. The van der Waals surface area contributed by atoms with Gasteiger partial charge in [-0.2, -0.15) is 0 Å². The molecule has 0 saturated heterocycles. The van der Waals surface area contributed by atoms with Crippen molar-refractivity contribution in [3.8, 4) is 0 Å². The number of aryl methyl sites for hydroxylation is 1. The van der Waals surface area contributed by atoms with Crippen LogP contribution in [0.15, 0.2) is 24.3 Å². The fraction of sp³-hybridized carbons (Fsp3) is 0.600. The highest BCUT2D eigenvalue weighted by Gasteiger charge is 2.15. The molecule has 0 radical (unpaired) electrons. The summed E-state index contributed by atoms with van der Waals surface area (Å²) in [6.45, 7) is 3.27. The van der Waals surface area contributed by atoms with Crippen LogP contribution in [0.4, 0.5) is 4.79 Å². The summed E-state index contributed by atoms with van der Waals surface area (Å²) in [6, 6.07) is 8.44. The topological polar surface area (TPSA) is 70.2 Å². The van der Waals surface area contributed by atoms with Crippen molar-refractivity contribution in [2.75, 3.05) is 13.1 Å². The van der Waals surface area contributed by atoms with Crippen LogP contribution in [0.3, 0.4) is 0 Å². The summed E-state index contributed by atoms with van der Waals surface area (Å²) in [5.41, 5.74) is 2.52. The monoisotopic (exact) mass is 345 g/mol. The van der Waals surface area contributed by atoms with Gasteiger partial charge in [0.15, 0.2) is 0 Å². The van der Waals surface area contributed by atoms with Crippen LogP contribution in [0.2, 0.25) is 0 Å². The van der Waals surface area contributed by atoms with Gasteiger partial charge in [-0.15, -0.1) is 0 Å². The molecule has 0 aromatic heterocycles. The van der Waals surface area contributed by atoms with Gasteiger partial charge in [-0.3, -0.25) is 4.79 Å². The number of hydrogen-bond acceptors (Lipinski definition) is 2. The fourth-order valence-electron chi connectivity index (χ4n) is 3.25. The Kier molecular flexibility index (Phi) is 8.29. The predicted molar refractivity (Wildman–Crippen MR) is 101 cm³/mol. The van der Waals surface area contributed by atoms with Gasteiger partial charge in [-0.1, -0.05) is 43.5 Å². The third-order valence-corrected chi connectivity index (χ3v) is 4.78. The summed E-state index contributed by atoms with van der Waals surface area (Å²) in [7, 11) is 0. The van der Waals surface area contributed by atoms with E-state index in [4.69, 9.17) is 0 Å². The van der Waals surface area contributed by atoms with Crippen molar-refractivity contribution in [1.29, 1.82) is 0 Å². The van der Waals surface area contributed by atoms with Crippen molar-refractivity contribution in [3.63, 3.8) is 0 Å². The molecule has 0 unspecified atom stereocenters. The van der Waals surface area contributed by atoms with Crippen LogP contribution in [-0.4, -0.2) is 31.1 Å². The number of carbonyl (C=O) groups is 2. The average Bonchev–Trinajstić information content (AvgIpc) is 2.61. The molecule has 0 bridgehead atoms. The molecule has 3 N–H and O–H groups in total. The fourth-order valence-corrected chi connectivity index (χ4v) is 3.25. The number of amides is 3. The summed E-state index contributed by atoms with van der Waals surface area (Å²) in [4.78, 5) is 23.6. The van der Waals surface area contributed by atoms with E-state index in [2.05, 4.69) is 35.0 Å². The Bertz CT molecular complexity index is 554. The molecule has 0 heterocycles. The van der Waals surface area contributed by atoms with E-state index < -0.39 is 0 Å². The molecule has 138 valence electrons. The largest absolute Gasteiger partial charge is 0.356 e. The standard InChI is InChI=1S/C20H31N3O2/c1-16-8-5-6-9-17(16)13-15-21-19(24)12-7-14-22-20(25)23-18-10-3-2-4-11-18/h5-6,8-9,18H,2-4,7,10-15H2,1H3,(H,21,24)(H2,22,23,25). The Hall–Kier alpha value is -2.04. The van der Waals surface area contributed by atoms with E-state index in [-0.39, 0.29) is 11.9 Å². The number of carbonyl (C=O) groups excluding carboxylic acids is 2. The van der Waals surface area contributed by atoms with Gasteiger partial charge in [0.2, 0.25) is 5.91 Å². The number of urea groups is 1. The summed E-state index contributed by atoms with van der Waals surface area (Å²) < 4.78 is 0. The molecule has 2 rings (SSSR count). The number of benzene rings is 1. The summed E-state index contributed by atoms with van der Waals surface area (Å²) in [5, 5.41) is 8.80. The van der Waals surface area contributed by atoms with Crippen LogP contribution >= 0.6 is 0 Å². The second-order valence-corrected chi connectivity index (χ2v) is 6.87. The SMILES string of the molecule is Cc1ccccc1CCNC(=O)CCCNC(=O)NC1CCCCC1. The maximum Gasteiger partial charge on any atom is 0.315 e. The summed E-state index contributed by atoms with van der Waals surface area (Å²) in [6.07, 6.45) is 7.79. The molecule has 0 spiro atoms. The third-order valence-electron chi connectivity index (χ3n) is 4.78. The molecule has 1 saturated carbocycles. The highest BCUT2D eigenvalue weighted by Crippen LogP contribution is 2.17. The van der Waals surface area contributed by atoms with E-state index in [1.807, 2.05) is 12.1 Å². The smallest absolute Gasteiger partial charge is 0.315 e. The second-order valence-electron chi connectivity index (χ2n) is 6.87.